The standard InChI is InChI=1S/C17H22N4O4/c1-11-5-6-13(25-11)9-18-16(23)12-4-3-7-21(10-12)14-8-15(22)20(2)17(24)19-14/h5-6,8,12H,3-4,7,9-10H2,1-2H3,(H,18,23)(H,19,24). The first-order valence-electron chi connectivity index (χ1n) is 8.32. The van der Waals surface area contributed by atoms with Gasteiger partial charge in [-0.1, -0.05) is 0 Å². The third-order valence-electron chi connectivity index (χ3n) is 4.50. The summed E-state index contributed by atoms with van der Waals surface area (Å²) in [6, 6.07) is 5.09. The Bertz CT molecular complexity index is 848. The first-order valence-corrected chi connectivity index (χ1v) is 8.32. The quantitative estimate of drug-likeness (QED) is 0.840. The molecule has 2 aromatic rings. The summed E-state index contributed by atoms with van der Waals surface area (Å²) in [5, 5.41) is 2.89. The van der Waals surface area contributed by atoms with Crippen LogP contribution in [0.3, 0.4) is 0 Å². The fraction of sp³-hybridized carbons (Fsp3) is 0.471. The predicted octanol–water partition coefficient (Wildman–Crippen LogP) is 0.508. The molecule has 1 aliphatic heterocycles. The second kappa shape index (κ2) is 7.00. The molecule has 0 bridgehead atoms. The number of carbonyl (C=O) groups is 1. The van der Waals surface area contributed by atoms with E-state index in [1.165, 1.54) is 13.1 Å². The lowest BCUT2D eigenvalue weighted by Gasteiger charge is -2.33. The van der Waals surface area contributed by atoms with Gasteiger partial charge in [-0.15, -0.1) is 0 Å². The number of aryl methyl sites for hydroxylation is 1. The van der Waals surface area contributed by atoms with Gasteiger partial charge in [0, 0.05) is 26.2 Å². The lowest BCUT2D eigenvalue weighted by atomic mass is 9.97. The van der Waals surface area contributed by atoms with Gasteiger partial charge >= 0.3 is 5.69 Å². The van der Waals surface area contributed by atoms with Gasteiger partial charge < -0.3 is 14.6 Å². The number of nitrogens with one attached hydrogen (secondary N) is 2. The second-order valence-electron chi connectivity index (χ2n) is 6.37. The fourth-order valence-corrected chi connectivity index (χ4v) is 3.02. The van der Waals surface area contributed by atoms with E-state index >= 15 is 0 Å². The summed E-state index contributed by atoms with van der Waals surface area (Å²) in [4.78, 5) is 40.6. The molecule has 0 aromatic carbocycles. The zero-order valence-corrected chi connectivity index (χ0v) is 14.4. The molecule has 0 spiro atoms. The number of hydrogen-bond acceptors (Lipinski definition) is 5. The molecule has 8 nitrogen and oxygen atoms in total. The number of H-pyrrole nitrogens is 1. The minimum atomic E-state index is -0.456. The van der Waals surface area contributed by atoms with E-state index in [1.807, 2.05) is 24.0 Å². The van der Waals surface area contributed by atoms with Crippen molar-refractivity contribution >= 4 is 11.7 Å². The molecule has 0 radical (unpaired) electrons. The van der Waals surface area contributed by atoms with Crippen LogP contribution < -0.4 is 21.5 Å². The zero-order valence-electron chi connectivity index (χ0n) is 14.4. The van der Waals surface area contributed by atoms with Gasteiger partial charge in [-0.3, -0.25) is 19.1 Å². The Morgan fingerprint density at radius 3 is 2.88 bits per heavy atom. The molecule has 8 heteroatoms. The smallest absolute Gasteiger partial charge is 0.329 e. The van der Waals surface area contributed by atoms with E-state index in [2.05, 4.69) is 10.3 Å². The van der Waals surface area contributed by atoms with Crippen LogP contribution in [0.25, 0.3) is 0 Å². The van der Waals surface area contributed by atoms with Gasteiger partial charge in [0.1, 0.15) is 17.3 Å². The van der Waals surface area contributed by atoms with Crippen molar-refractivity contribution in [1.29, 1.82) is 0 Å². The molecular weight excluding hydrogens is 324 g/mol. The van der Waals surface area contributed by atoms with Crippen LogP contribution >= 0.6 is 0 Å². The summed E-state index contributed by atoms with van der Waals surface area (Å²) in [6.07, 6.45) is 1.59. The van der Waals surface area contributed by atoms with E-state index < -0.39 is 5.69 Å². The molecule has 1 fully saturated rings. The summed E-state index contributed by atoms with van der Waals surface area (Å²) in [5.41, 5.74) is -0.819. The summed E-state index contributed by atoms with van der Waals surface area (Å²) in [6.45, 7) is 3.37. The van der Waals surface area contributed by atoms with Crippen molar-refractivity contribution < 1.29 is 9.21 Å². The van der Waals surface area contributed by atoms with Crippen molar-refractivity contribution in [2.75, 3.05) is 18.0 Å². The molecule has 2 N–H and O–H groups in total. The van der Waals surface area contributed by atoms with E-state index in [1.54, 1.807) is 0 Å². The summed E-state index contributed by atoms with van der Waals surface area (Å²) >= 11 is 0. The SMILES string of the molecule is Cc1ccc(CNC(=O)C2CCCN(c3cc(=O)n(C)c(=O)[nH]3)C2)o1. The molecule has 1 unspecified atom stereocenters. The van der Waals surface area contributed by atoms with Crippen LogP contribution in [0.1, 0.15) is 24.4 Å². The fourth-order valence-electron chi connectivity index (χ4n) is 3.02. The van der Waals surface area contributed by atoms with Crippen molar-refractivity contribution in [1.82, 2.24) is 14.9 Å². The number of aromatic amines is 1. The average molecular weight is 346 g/mol. The monoisotopic (exact) mass is 346 g/mol. The van der Waals surface area contributed by atoms with Crippen LogP contribution in [0.15, 0.2) is 32.2 Å². The van der Waals surface area contributed by atoms with Gasteiger partial charge in [-0.2, -0.15) is 0 Å². The number of carbonyl (C=O) groups excluding carboxylic acids is 1. The van der Waals surface area contributed by atoms with Crippen molar-refractivity contribution in [2.24, 2.45) is 13.0 Å². The van der Waals surface area contributed by atoms with Crippen molar-refractivity contribution in [3.63, 3.8) is 0 Å². The summed E-state index contributed by atoms with van der Waals surface area (Å²) in [5.74, 6) is 1.74. The maximum atomic E-state index is 12.4. The topological polar surface area (TPSA) is 100 Å². The zero-order chi connectivity index (χ0) is 18.0. The first kappa shape index (κ1) is 17.1. The number of rotatable bonds is 4. The van der Waals surface area contributed by atoms with E-state index in [9.17, 15) is 14.4 Å². The lowest BCUT2D eigenvalue weighted by molar-refractivity contribution is -0.125. The molecule has 0 saturated carbocycles. The maximum Gasteiger partial charge on any atom is 0.329 e. The molecule has 0 aliphatic carbocycles. The molecule has 25 heavy (non-hydrogen) atoms. The Hall–Kier alpha value is -2.77. The molecule has 1 atom stereocenters. The summed E-state index contributed by atoms with van der Waals surface area (Å²) in [7, 11) is 1.42. The van der Waals surface area contributed by atoms with Crippen LogP contribution in [-0.2, 0) is 18.4 Å². The third kappa shape index (κ3) is 3.84. The van der Waals surface area contributed by atoms with Crippen LogP contribution in [0.4, 0.5) is 5.82 Å². The van der Waals surface area contributed by atoms with Crippen LogP contribution in [-0.4, -0.2) is 28.5 Å². The van der Waals surface area contributed by atoms with Gasteiger partial charge in [0.2, 0.25) is 5.91 Å². The number of aromatic nitrogens is 2. The molecule has 1 amide bonds. The highest BCUT2D eigenvalue weighted by Crippen LogP contribution is 2.20. The highest BCUT2D eigenvalue weighted by atomic mass is 16.3. The van der Waals surface area contributed by atoms with Crippen LogP contribution in [0, 0.1) is 12.8 Å². The normalized spacial score (nSPS) is 17.5. The minimum Gasteiger partial charge on any atom is -0.465 e. The molecule has 134 valence electrons. The molecule has 1 aliphatic rings. The molecule has 1 saturated heterocycles. The molecule has 3 heterocycles. The number of hydrogen-bond donors (Lipinski definition) is 2. The molecular formula is C17H22N4O4. The predicted molar refractivity (Wildman–Crippen MR) is 92.5 cm³/mol. The highest BCUT2D eigenvalue weighted by Gasteiger charge is 2.26. The van der Waals surface area contributed by atoms with Gasteiger partial charge in [0.25, 0.3) is 5.56 Å². The van der Waals surface area contributed by atoms with E-state index in [0.717, 1.165) is 28.9 Å². The van der Waals surface area contributed by atoms with Gasteiger partial charge in [0.05, 0.1) is 12.5 Å². The van der Waals surface area contributed by atoms with Crippen molar-refractivity contribution in [3.05, 3.63) is 50.6 Å². The average Bonchev–Trinajstić information content (AvgIpc) is 3.02. The van der Waals surface area contributed by atoms with E-state index in [0.29, 0.717) is 25.5 Å². The van der Waals surface area contributed by atoms with Crippen LogP contribution in [0.2, 0.25) is 0 Å². The van der Waals surface area contributed by atoms with Crippen molar-refractivity contribution in [2.45, 2.75) is 26.3 Å². The van der Waals surface area contributed by atoms with Gasteiger partial charge in [-0.25, -0.2) is 4.79 Å². The molecule has 3 rings (SSSR count). The van der Waals surface area contributed by atoms with Gasteiger partial charge in [-0.05, 0) is 31.9 Å². The van der Waals surface area contributed by atoms with Gasteiger partial charge in [0.15, 0.2) is 0 Å². The van der Waals surface area contributed by atoms with Crippen molar-refractivity contribution in [3.8, 4) is 0 Å². The number of anilines is 1. The highest BCUT2D eigenvalue weighted by molar-refractivity contribution is 5.79. The lowest BCUT2D eigenvalue weighted by Crippen LogP contribution is -2.44. The Kier molecular flexibility index (Phi) is 4.78. The summed E-state index contributed by atoms with van der Waals surface area (Å²) < 4.78 is 6.46. The van der Waals surface area contributed by atoms with E-state index in [4.69, 9.17) is 4.42 Å². The Morgan fingerprint density at radius 2 is 2.20 bits per heavy atom. The number of piperidine rings is 1. The Labute approximate surface area is 144 Å². The minimum absolute atomic E-state index is 0.0510. The second-order valence-corrected chi connectivity index (χ2v) is 6.37. The largest absolute Gasteiger partial charge is 0.465 e. The van der Waals surface area contributed by atoms with E-state index in [-0.39, 0.29) is 17.4 Å². The number of nitrogens with zero attached hydrogens (tertiary/aromatic N) is 2. The third-order valence-corrected chi connectivity index (χ3v) is 4.50. The molecule has 2 aromatic heterocycles. The first-order chi connectivity index (χ1) is 11.9. The Morgan fingerprint density at radius 1 is 1.40 bits per heavy atom. The van der Waals surface area contributed by atoms with Crippen LogP contribution in [0.5, 0.6) is 0 Å². The Balaban J connectivity index is 1.65. The number of amides is 1. The number of furan rings is 1. The maximum absolute atomic E-state index is 12.4.